The molecule has 0 saturated carbocycles. The minimum atomic E-state index is -4.19. The Bertz CT molecular complexity index is 2070. The number of carbonyl (C=O) groups excluding carboxylic acids is 2. The molecule has 2 saturated heterocycles. The molecule has 51 heavy (non-hydrogen) atoms. The summed E-state index contributed by atoms with van der Waals surface area (Å²) in [5.74, 6) is 0.378. The van der Waals surface area contributed by atoms with Gasteiger partial charge < -0.3 is 25.4 Å². The standard InChI is InChI=1S/C36H38Cl2N6O6S/c1-22-7-8-23-4-2-6-30(34(23)41-22)50-20-27-28(37)13-14-31(33(27)38)51(47,48)44-17-3-5-29(44)36(46)42-25-15-18-43(19-16-25)32(45)21-49-26-11-9-24(10-12-26)35(39)40/h2,4,6-14,25,29H,3,5,15-21H2,1H3,(H3,39,40)(H,42,46). The number of halogens is 2. The molecule has 3 heterocycles. The minimum Gasteiger partial charge on any atom is -0.487 e. The van der Waals surface area contributed by atoms with E-state index in [2.05, 4.69) is 10.3 Å². The molecule has 3 aromatic carbocycles. The fraction of sp³-hybridized carbons (Fsp3) is 0.333. The normalized spacial score (nSPS) is 17.0. The summed E-state index contributed by atoms with van der Waals surface area (Å²) in [7, 11) is -4.19. The molecule has 2 fully saturated rings. The van der Waals surface area contributed by atoms with Crippen molar-refractivity contribution in [3.05, 3.63) is 93.6 Å². The summed E-state index contributed by atoms with van der Waals surface area (Å²) in [6.07, 6.45) is 1.91. The second-order valence-electron chi connectivity index (χ2n) is 12.6. The quantitative estimate of drug-likeness (QED) is 0.141. The summed E-state index contributed by atoms with van der Waals surface area (Å²) < 4.78 is 41.0. The molecule has 1 unspecified atom stereocenters. The van der Waals surface area contributed by atoms with Crippen molar-refractivity contribution in [2.45, 2.75) is 56.2 Å². The monoisotopic (exact) mass is 752 g/mol. The zero-order valence-corrected chi connectivity index (χ0v) is 30.2. The van der Waals surface area contributed by atoms with Gasteiger partial charge in [-0.05, 0) is 81.1 Å². The Labute approximate surface area is 306 Å². The smallest absolute Gasteiger partial charge is 0.260 e. The Morgan fingerprint density at radius 1 is 0.980 bits per heavy atom. The van der Waals surface area contributed by atoms with Crippen LogP contribution in [0.2, 0.25) is 10.0 Å². The molecule has 1 atom stereocenters. The predicted molar refractivity (Wildman–Crippen MR) is 195 cm³/mol. The molecule has 1 aromatic heterocycles. The first-order valence-corrected chi connectivity index (χ1v) is 18.8. The molecule has 0 spiro atoms. The van der Waals surface area contributed by atoms with Gasteiger partial charge in [0.1, 0.15) is 40.4 Å². The topological polar surface area (TPSA) is 168 Å². The fourth-order valence-corrected chi connectivity index (χ4v) is 8.87. The highest BCUT2D eigenvalue weighted by molar-refractivity contribution is 7.89. The zero-order valence-electron chi connectivity index (χ0n) is 27.9. The van der Waals surface area contributed by atoms with E-state index in [1.807, 2.05) is 31.2 Å². The van der Waals surface area contributed by atoms with Crippen LogP contribution in [-0.2, 0) is 26.2 Å². The van der Waals surface area contributed by atoms with E-state index in [9.17, 15) is 18.0 Å². The number of fused-ring (bicyclic) bond motifs is 1. The van der Waals surface area contributed by atoms with E-state index in [1.165, 1.54) is 16.4 Å². The zero-order chi connectivity index (χ0) is 36.3. The second kappa shape index (κ2) is 15.4. The van der Waals surface area contributed by atoms with Gasteiger partial charge in [-0.2, -0.15) is 4.31 Å². The van der Waals surface area contributed by atoms with E-state index < -0.39 is 16.1 Å². The highest BCUT2D eigenvalue weighted by atomic mass is 35.5. The molecule has 2 aliphatic rings. The van der Waals surface area contributed by atoms with E-state index in [4.69, 9.17) is 43.8 Å². The molecule has 0 radical (unpaired) electrons. The molecule has 268 valence electrons. The molecule has 6 rings (SSSR count). The van der Waals surface area contributed by atoms with E-state index >= 15 is 0 Å². The van der Waals surface area contributed by atoms with Gasteiger partial charge in [0.2, 0.25) is 15.9 Å². The largest absolute Gasteiger partial charge is 0.487 e. The Balaban J connectivity index is 1.06. The van der Waals surface area contributed by atoms with Crippen molar-refractivity contribution < 1.29 is 27.5 Å². The lowest BCUT2D eigenvalue weighted by Gasteiger charge is -2.33. The number of pyridine rings is 1. The van der Waals surface area contributed by atoms with E-state index in [1.54, 1.807) is 35.2 Å². The van der Waals surface area contributed by atoms with E-state index in [-0.39, 0.29) is 58.4 Å². The average Bonchev–Trinajstić information content (AvgIpc) is 3.63. The Morgan fingerprint density at radius 2 is 1.73 bits per heavy atom. The van der Waals surface area contributed by atoms with Gasteiger partial charge in [-0.1, -0.05) is 41.4 Å². The second-order valence-corrected chi connectivity index (χ2v) is 15.2. The molecule has 12 nitrogen and oxygen atoms in total. The minimum absolute atomic E-state index is 0.0533. The van der Waals surface area contributed by atoms with Gasteiger partial charge in [-0.3, -0.25) is 15.0 Å². The first-order chi connectivity index (χ1) is 24.4. The lowest BCUT2D eigenvalue weighted by atomic mass is 10.0. The number of ether oxygens (including phenoxy) is 2. The van der Waals surface area contributed by atoms with Crippen molar-refractivity contribution in [3.63, 3.8) is 0 Å². The van der Waals surface area contributed by atoms with Crippen LogP contribution in [0.4, 0.5) is 0 Å². The third kappa shape index (κ3) is 8.06. The molecular weight excluding hydrogens is 715 g/mol. The Hall–Kier alpha value is -4.43. The summed E-state index contributed by atoms with van der Waals surface area (Å²) >= 11 is 13.2. The van der Waals surface area contributed by atoms with E-state index in [0.717, 1.165) is 11.1 Å². The number of likely N-dealkylation sites (tertiary alicyclic amines) is 1. The molecule has 4 aromatic rings. The third-order valence-corrected chi connectivity index (χ3v) is 12.0. The number of aryl methyl sites for hydroxylation is 1. The number of piperidine rings is 1. The van der Waals surface area contributed by atoms with Crippen LogP contribution < -0.4 is 20.5 Å². The number of sulfonamides is 1. The molecule has 4 N–H and O–H groups in total. The molecule has 2 amide bonds. The van der Waals surface area contributed by atoms with Crippen LogP contribution in [-0.4, -0.2) is 78.6 Å². The molecule has 2 aliphatic heterocycles. The Kier molecular flexibility index (Phi) is 11.0. The molecular formula is C36H38Cl2N6O6S. The van der Waals surface area contributed by atoms with Crippen LogP contribution in [0.25, 0.3) is 10.9 Å². The van der Waals surface area contributed by atoms with Crippen molar-refractivity contribution in [2.75, 3.05) is 26.2 Å². The van der Waals surface area contributed by atoms with Gasteiger partial charge in [-0.25, -0.2) is 13.4 Å². The van der Waals surface area contributed by atoms with Gasteiger partial charge in [0.15, 0.2) is 6.61 Å². The summed E-state index contributed by atoms with van der Waals surface area (Å²) in [6.45, 7) is 2.64. The predicted octanol–water partition coefficient (Wildman–Crippen LogP) is 5.05. The number of nitrogens with two attached hydrogens (primary N) is 1. The van der Waals surface area contributed by atoms with Crippen LogP contribution in [0.3, 0.4) is 0 Å². The van der Waals surface area contributed by atoms with Crippen LogP contribution >= 0.6 is 23.2 Å². The van der Waals surface area contributed by atoms with Gasteiger partial charge in [0.05, 0.1) is 5.02 Å². The number of nitrogens with zero attached hydrogens (tertiary/aromatic N) is 3. The fourth-order valence-electron chi connectivity index (χ4n) is 6.35. The van der Waals surface area contributed by atoms with Crippen LogP contribution in [0.1, 0.15) is 42.5 Å². The van der Waals surface area contributed by atoms with Crippen molar-refractivity contribution in [2.24, 2.45) is 5.73 Å². The number of hydrogen-bond acceptors (Lipinski definition) is 8. The third-order valence-electron chi connectivity index (χ3n) is 9.16. The van der Waals surface area contributed by atoms with Gasteiger partial charge >= 0.3 is 0 Å². The van der Waals surface area contributed by atoms with Crippen molar-refractivity contribution in [3.8, 4) is 11.5 Å². The number of hydrogen-bond donors (Lipinski definition) is 3. The number of nitrogen functional groups attached to an aromatic ring is 1. The van der Waals surface area contributed by atoms with Crippen molar-refractivity contribution in [1.82, 2.24) is 19.5 Å². The number of nitrogens with one attached hydrogen (secondary N) is 2. The van der Waals surface area contributed by atoms with E-state index in [0.29, 0.717) is 66.9 Å². The summed E-state index contributed by atoms with van der Waals surface area (Å²) in [6, 6.07) is 17.7. The molecule has 0 bridgehead atoms. The maximum absolute atomic E-state index is 14.0. The van der Waals surface area contributed by atoms with Crippen LogP contribution in [0.5, 0.6) is 11.5 Å². The van der Waals surface area contributed by atoms with Crippen LogP contribution in [0, 0.1) is 12.3 Å². The molecule has 0 aliphatic carbocycles. The van der Waals surface area contributed by atoms with Gasteiger partial charge in [-0.15, -0.1) is 0 Å². The SMILES string of the molecule is Cc1ccc2cccc(OCc3c(Cl)ccc(S(=O)(=O)N4CCCC4C(=O)NC4CCN(C(=O)COc5ccc(C(=N)N)cc5)CC4)c3Cl)c2n1. The first kappa shape index (κ1) is 36.4. The first-order valence-electron chi connectivity index (χ1n) is 16.6. The van der Waals surface area contributed by atoms with Crippen molar-refractivity contribution in [1.29, 1.82) is 5.41 Å². The number of rotatable bonds is 11. The highest BCUT2D eigenvalue weighted by Crippen LogP contribution is 2.36. The van der Waals surface area contributed by atoms with Gasteiger partial charge in [0.25, 0.3) is 5.91 Å². The summed E-state index contributed by atoms with van der Waals surface area (Å²) in [5, 5.41) is 11.6. The highest BCUT2D eigenvalue weighted by Gasteiger charge is 2.41. The number of carbonyl (C=O) groups is 2. The maximum atomic E-state index is 14.0. The molecule has 15 heteroatoms. The van der Waals surface area contributed by atoms with Crippen LogP contribution in [0.15, 0.2) is 71.6 Å². The number of para-hydroxylation sites is 1. The average molecular weight is 754 g/mol. The number of aromatic nitrogens is 1. The van der Waals surface area contributed by atoms with Crippen molar-refractivity contribution >= 4 is 61.8 Å². The number of amidine groups is 1. The lowest BCUT2D eigenvalue weighted by Crippen LogP contribution is -2.52. The lowest BCUT2D eigenvalue weighted by molar-refractivity contribution is -0.134. The van der Waals surface area contributed by atoms with Gasteiger partial charge in [0, 0.05) is 52.9 Å². The Morgan fingerprint density at radius 3 is 2.45 bits per heavy atom. The number of benzene rings is 3. The number of amides is 2. The maximum Gasteiger partial charge on any atom is 0.260 e. The summed E-state index contributed by atoms with van der Waals surface area (Å²) in [4.78, 5) is 32.4. The summed E-state index contributed by atoms with van der Waals surface area (Å²) in [5.41, 5.74) is 7.84.